The lowest BCUT2D eigenvalue weighted by atomic mass is 10.1. The van der Waals surface area contributed by atoms with Gasteiger partial charge in [0, 0.05) is 24.6 Å². The highest BCUT2D eigenvalue weighted by molar-refractivity contribution is 6.00. The molecule has 0 spiro atoms. The Morgan fingerprint density at radius 3 is 1.84 bits per heavy atom. The number of halogens is 6. The highest BCUT2D eigenvalue weighted by atomic mass is 19.4. The third kappa shape index (κ3) is 7.60. The Hall–Kier alpha value is -3.64. The lowest BCUT2D eigenvalue weighted by Crippen LogP contribution is -2.19. The van der Waals surface area contributed by atoms with E-state index < -0.39 is 47.4 Å². The van der Waals surface area contributed by atoms with Gasteiger partial charge in [-0.2, -0.15) is 0 Å². The molecule has 0 unspecified atom stereocenters. The Morgan fingerprint density at radius 1 is 0.871 bits per heavy atom. The van der Waals surface area contributed by atoms with E-state index in [0.717, 1.165) is 18.2 Å². The van der Waals surface area contributed by atoms with Gasteiger partial charge in [0.25, 0.3) is 0 Å². The molecule has 0 heterocycles. The van der Waals surface area contributed by atoms with Crippen molar-refractivity contribution in [3.63, 3.8) is 0 Å². The fraction of sp³-hybridized carbons (Fsp3) is 0.222. The predicted molar refractivity (Wildman–Crippen MR) is 92.2 cm³/mol. The first-order valence-corrected chi connectivity index (χ1v) is 8.27. The topological polar surface area (TPSA) is 94.1 Å². The number of carboxylic acids is 1. The van der Waals surface area contributed by atoms with Crippen LogP contribution in [0.3, 0.4) is 0 Å². The number of benzene rings is 2. The Morgan fingerprint density at radius 2 is 1.39 bits per heavy atom. The first kappa shape index (κ1) is 23.6. The molecule has 0 aliphatic heterocycles. The van der Waals surface area contributed by atoms with Crippen molar-refractivity contribution in [1.29, 1.82) is 0 Å². The van der Waals surface area contributed by atoms with E-state index in [1.54, 1.807) is 0 Å². The van der Waals surface area contributed by atoms with Crippen molar-refractivity contribution in [3.05, 3.63) is 42.0 Å². The number of carbonyl (C=O) groups excluding carboxylic acids is 1. The Balaban J connectivity index is 2.40. The molecule has 0 aliphatic carbocycles. The maximum Gasteiger partial charge on any atom is 0.573 e. The molecule has 1 amide bonds. The number of aromatic carboxylic acids is 1. The van der Waals surface area contributed by atoms with E-state index in [1.165, 1.54) is 6.92 Å². The summed E-state index contributed by atoms with van der Waals surface area (Å²) in [6.45, 7) is 1.53. The van der Waals surface area contributed by atoms with Crippen LogP contribution < -0.4 is 19.5 Å². The normalized spacial score (nSPS) is 11.6. The number of alkyl halides is 6. The van der Waals surface area contributed by atoms with E-state index in [9.17, 15) is 41.0 Å². The summed E-state index contributed by atoms with van der Waals surface area (Å²) in [6, 6.07) is 4.83. The highest BCUT2D eigenvalue weighted by Crippen LogP contribution is 2.36. The second-order valence-corrected chi connectivity index (χ2v) is 5.75. The average molecular weight is 453 g/mol. The van der Waals surface area contributed by atoms with Crippen molar-refractivity contribution in [2.45, 2.75) is 26.1 Å². The van der Waals surface area contributed by atoms with Gasteiger partial charge in [-0.15, -0.1) is 26.3 Å². The Labute approximate surface area is 170 Å². The van der Waals surface area contributed by atoms with Crippen molar-refractivity contribution in [1.82, 2.24) is 0 Å². The minimum Gasteiger partial charge on any atom is -0.478 e. The van der Waals surface area contributed by atoms with Crippen LogP contribution in [0, 0.1) is 0 Å². The van der Waals surface area contributed by atoms with Gasteiger partial charge in [-0.25, -0.2) is 4.79 Å². The first-order chi connectivity index (χ1) is 14.3. The van der Waals surface area contributed by atoms with Crippen LogP contribution in [0.1, 0.15) is 23.7 Å². The average Bonchev–Trinajstić information content (AvgIpc) is 2.59. The summed E-state index contributed by atoms with van der Waals surface area (Å²) in [4.78, 5) is 22.9. The van der Waals surface area contributed by atoms with Gasteiger partial charge in [-0.3, -0.25) is 4.79 Å². The van der Waals surface area contributed by atoms with Crippen LogP contribution in [0.2, 0.25) is 0 Å². The number of carboxylic acid groups (broad SMARTS) is 1. The van der Waals surface area contributed by atoms with Crippen LogP contribution >= 0.6 is 0 Å². The molecule has 0 aliphatic rings. The van der Waals surface area contributed by atoms with E-state index in [0.29, 0.717) is 18.2 Å². The van der Waals surface area contributed by atoms with Crippen LogP contribution in [0.15, 0.2) is 36.4 Å². The number of anilines is 1. The molecule has 0 saturated heterocycles. The van der Waals surface area contributed by atoms with E-state index in [1.807, 2.05) is 0 Å². The molecule has 0 aromatic heterocycles. The Kier molecular flexibility index (Phi) is 6.88. The predicted octanol–water partition coefficient (Wildman–Crippen LogP) is 5.32. The molecule has 0 fully saturated rings. The molecule has 2 N–H and O–H groups in total. The molecule has 2 aromatic carbocycles. The quantitative estimate of drug-likeness (QED) is 0.551. The number of nitrogens with one attached hydrogen (secondary N) is 1. The molecular weight excluding hydrogens is 440 g/mol. The zero-order valence-electron chi connectivity index (χ0n) is 15.4. The van der Waals surface area contributed by atoms with Gasteiger partial charge in [-0.1, -0.05) is 6.92 Å². The van der Waals surface area contributed by atoms with Gasteiger partial charge >= 0.3 is 18.7 Å². The SMILES string of the molecule is CCC(=O)Nc1ccc(Oc2cc(OC(F)(F)F)cc(OC(F)(F)F)c2)cc1C(=O)O. The number of rotatable bonds is 7. The van der Waals surface area contributed by atoms with Crippen LogP contribution in [0.5, 0.6) is 23.0 Å². The zero-order chi connectivity index (χ0) is 23.4. The second-order valence-electron chi connectivity index (χ2n) is 5.75. The van der Waals surface area contributed by atoms with Crippen LogP contribution in [0.25, 0.3) is 0 Å². The number of hydrogen-bond donors (Lipinski definition) is 2. The maximum absolute atomic E-state index is 12.5. The fourth-order valence-corrected chi connectivity index (χ4v) is 2.24. The van der Waals surface area contributed by atoms with Crippen molar-refractivity contribution in [2.24, 2.45) is 0 Å². The number of amides is 1. The summed E-state index contributed by atoms with van der Waals surface area (Å²) in [5.41, 5.74) is -0.504. The van der Waals surface area contributed by atoms with E-state index >= 15 is 0 Å². The molecule has 13 heteroatoms. The van der Waals surface area contributed by atoms with Crippen LogP contribution in [-0.4, -0.2) is 29.7 Å². The van der Waals surface area contributed by atoms with Gasteiger partial charge in [0.1, 0.15) is 23.0 Å². The smallest absolute Gasteiger partial charge is 0.478 e. The second kappa shape index (κ2) is 9.02. The maximum atomic E-state index is 12.5. The van der Waals surface area contributed by atoms with Crippen molar-refractivity contribution in [3.8, 4) is 23.0 Å². The summed E-state index contributed by atoms with van der Waals surface area (Å²) in [5.74, 6) is -4.89. The summed E-state index contributed by atoms with van der Waals surface area (Å²) in [6.07, 6.45) is -10.3. The fourth-order valence-electron chi connectivity index (χ4n) is 2.24. The first-order valence-electron chi connectivity index (χ1n) is 8.27. The molecule has 0 saturated carbocycles. The number of carbonyl (C=O) groups is 2. The molecule has 31 heavy (non-hydrogen) atoms. The minimum absolute atomic E-state index is 0.0608. The molecule has 168 valence electrons. The summed E-state index contributed by atoms with van der Waals surface area (Å²) < 4.78 is 87.2. The highest BCUT2D eigenvalue weighted by Gasteiger charge is 2.34. The largest absolute Gasteiger partial charge is 0.573 e. The van der Waals surface area contributed by atoms with E-state index in [-0.39, 0.29) is 17.9 Å². The van der Waals surface area contributed by atoms with Gasteiger partial charge in [0.15, 0.2) is 0 Å². The number of ether oxygens (including phenoxy) is 3. The van der Waals surface area contributed by atoms with E-state index in [2.05, 4.69) is 14.8 Å². The van der Waals surface area contributed by atoms with Crippen molar-refractivity contribution >= 4 is 17.6 Å². The summed E-state index contributed by atoms with van der Waals surface area (Å²) in [5, 5.41) is 11.6. The monoisotopic (exact) mass is 453 g/mol. The molecule has 0 atom stereocenters. The standard InChI is InChI=1S/C18H13F6NO6/c1-2-15(26)25-14-4-3-9(8-13(14)16(27)28)29-10-5-11(30-17(19,20)21)7-12(6-10)31-18(22,23)24/h3-8H,2H2,1H3,(H,25,26)(H,27,28). The molecule has 7 nitrogen and oxygen atoms in total. The minimum atomic E-state index is -5.20. The molecule has 0 bridgehead atoms. The zero-order valence-corrected chi connectivity index (χ0v) is 15.4. The Bertz CT molecular complexity index is 939. The number of hydrogen-bond acceptors (Lipinski definition) is 5. The molecule has 0 radical (unpaired) electrons. The summed E-state index contributed by atoms with van der Waals surface area (Å²) in [7, 11) is 0. The van der Waals surface area contributed by atoms with Crippen molar-refractivity contribution < 1.29 is 55.2 Å². The molecule has 2 rings (SSSR count). The summed E-state index contributed by atoms with van der Waals surface area (Å²) >= 11 is 0. The van der Waals surface area contributed by atoms with Gasteiger partial charge in [0.2, 0.25) is 5.91 Å². The van der Waals surface area contributed by atoms with Crippen molar-refractivity contribution in [2.75, 3.05) is 5.32 Å². The lowest BCUT2D eigenvalue weighted by molar-refractivity contribution is -0.276. The molecule has 2 aromatic rings. The lowest BCUT2D eigenvalue weighted by Gasteiger charge is -2.15. The third-order valence-electron chi connectivity index (χ3n) is 3.37. The van der Waals surface area contributed by atoms with Gasteiger partial charge in [-0.05, 0) is 18.2 Å². The van der Waals surface area contributed by atoms with Gasteiger partial charge in [0.05, 0.1) is 11.3 Å². The molecular formula is C18H13F6NO6. The third-order valence-corrected chi connectivity index (χ3v) is 3.37. The van der Waals surface area contributed by atoms with Gasteiger partial charge < -0.3 is 24.6 Å². The van der Waals surface area contributed by atoms with Crippen LogP contribution in [0.4, 0.5) is 32.0 Å². The van der Waals surface area contributed by atoms with E-state index in [4.69, 9.17) is 4.74 Å². The van der Waals surface area contributed by atoms with Crippen LogP contribution in [-0.2, 0) is 4.79 Å².